The van der Waals surface area contributed by atoms with Gasteiger partial charge >= 0.3 is 0 Å². The Hall–Kier alpha value is -4.52. The predicted molar refractivity (Wildman–Crippen MR) is 130 cm³/mol. The third kappa shape index (κ3) is 4.11. The van der Waals surface area contributed by atoms with Crippen molar-refractivity contribution in [2.24, 2.45) is 0 Å². The first kappa shape index (κ1) is 21.3. The second kappa shape index (κ2) is 9.15. The number of anilines is 1. The second-order valence-corrected chi connectivity index (χ2v) is 7.80. The highest BCUT2D eigenvalue weighted by Crippen LogP contribution is 2.27. The summed E-state index contributed by atoms with van der Waals surface area (Å²) in [6.45, 7) is 1.04. The summed E-state index contributed by atoms with van der Waals surface area (Å²) in [7, 11) is 1.62. The minimum absolute atomic E-state index is 0.0967. The molecule has 3 aromatic carbocycles. The fourth-order valence-corrected chi connectivity index (χ4v) is 4.00. The van der Waals surface area contributed by atoms with Crippen LogP contribution in [0.3, 0.4) is 0 Å². The fraction of sp³-hybridized carbons (Fsp3) is 0.111. The molecule has 1 aromatic heterocycles. The fourth-order valence-electron chi connectivity index (χ4n) is 4.00. The van der Waals surface area contributed by atoms with Gasteiger partial charge < -0.3 is 14.0 Å². The number of ether oxygens (including phenoxy) is 2. The molecular weight excluding hydrogens is 430 g/mol. The molecule has 0 unspecified atom stereocenters. The largest absolute Gasteiger partial charge is 0.497 e. The maximum absolute atomic E-state index is 13.0. The van der Waals surface area contributed by atoms with Crippen LogP contribution in [0.2, 0.25) is 0 Å². The zero-order chi connectivity index (χ0) is 23.5. The molecule has 0 saturated carbocycles. The number of carbonyl (C=O) groups excluding carboxylic acids is 2. The summed E-state index contributed by atoms with van der Waals surface area (Å²) in [4.78, 5) is 25.6. The van der Waals surface area contributed by atoms with Crippen LogP contribution in [-0.2, 0) is 16.1 Å². The Bertz CT molecular complexity index is 1390. The topological polar surface area (TPSA) is 72.8 Å². The molecule has 0 spiro atoms. The van der Waals surface area contributed by atoms with Crippen LogP contribution >= 0.6 is 0 Å². The van der Waals surface area contributed by atoms with Crippen molar-refractivity contribution in [2.75, 3.05) is 18.7 Å². The van der Waals surface area contributed by atoms with E-state index < -0.39 is 5.91 Å². The van der Waals surface area contributed by atoms with Crippen LogP contribution in [0.4, 0.5) is 5.69 Å². The van der Waals surface area contributed by atoms with Gasteiger partial charge in [-0.1, -0.05) is 42.5 Å². The van der Waals surface area contributed by atoms with E-state index >= 15 is 0 Å². The zero-order valence-electron chi connectivity index (χ0n) is 18.6. The number of hydrogen-bond acceptors (Lipinski definition) is 4. The molecule has 1 N–H and O–H groups in total. The van der Waals surface area contributed by atoms with Crippen molar-refractivity contribution in [1.82, 2.24) is 9.99 Å². The van der Waals surface area contributed by atoms with Crippen molar-refractivity contribution in [2.45, 2.75) is 6.54 Å². The first-order chi connectivity index (χ1) is 16.6. The second-order valence-electron chi connectivity index (χ2n) is 7.80. The molecule has 1 fully saturated rings. The molecule has 34 heavy (non-hydrogen) atoms. The quantitative estimate of drug-likeness (QED) is 0.336. The van der Waals surface area contributed by atoms with Crippen LogP contribution in [0.25, 0.3) is 17.0 Å². The number of carbonyl (C=O) groups is 2. The summed E-state index contributed by atoms with van der Waals surface area (Å²) in [6.07, 6.45) is 3.60. The smallest absolute Gasteiger partial charge is 0.282 e. The van der Waals surface area contributed by atoms with Gasteiger partial charge in [-0.15, -0.1) is 0 Å². The lowest BCUT2D eigenvalue weighted by Crippen LogP contribution is -2.35. The molecule has 0 atom stereocenters. The van der Waals surface area contributed by atoms with Gasteiger partial charge in [-0.05, 0) is 36.4 Å². The van der Waals surface area contributed by atoms with Crippen molar-refractivity contribution < 1.29 is 19.1 Å². The van der Waals surface area contributed by atoms with Crippen LogP contribution in [0.5, 0.6) is 11.5 Å². The Balaban J connectivity index is 1.39. The number of rotatable bonds is 7. The molecule has 0 bridgehead atoms. The van der Waals surface area contributed by atoms with Crippen LogP contribution in [-0.4, -0.2) is 30.1 Å². The number of nitrogens with one attached hydrogen (secondary N) is 1. The van der Waals surface area contributed by atoms with Crippen molar-refractivity contribution in [3.05, 3.63) is 96.2 Å². The van der Waals surface area contributed by atoms with Gasteiger partial charge in [-0.2, -0.15) is 0 Å². The molecule has 0 aliphatic carbocycles. The minimum Gasteiger partial charge on any atom is -0.497 e. The first-order valence-corrected chi connectivity index (χ1v) is 10.9. The lowest BCUT2D eigenvalue weighted by Gasteiger charge is -2.13. The molecule has 7 nitrogen and oxygen atoms in total. The highest BCUT2D eigenvalue weighted by atomic mass is 16.5. The maximum atomic E-state index is 13.0. The monoisotopic (exact) mass is 453 g/mol. The van der Waals surface area contributed by atoms with E-state index in [1.807, 2.05) is 72.9 Å². The van der Waals surface area contributed by atoms with Crippen LogP contribution in [0.1, 0.15) is 5.56 Å². The molecule has 5 rings (SSSR count). The molecule has 1 saturated heterocycles. The number of fused-ring (bicyclic) bond motifs is 1. The molecule has 1 aliphatic heterocycles. The highest BCUT2D eigenvalue weighted by molar-refractivity contribution is 6.32. The molecule has 0 radical (unpaired) electrons. The first-order valence-electron chi connectivity index (χ1n) is 10.9. The van der Waals surface area contributed by atoms with Crippen molar-refractivity contribution >= 4 is 34.5 Å². The van der Waals surface area contributed by atoms with Gasteiger partial charge in [0.1, 0.15) is 23.7 Å². The Kier molecular flexibility index (Phi) is 5.74. The maximum Gasteiger partial charge on any atom is 0.282 e. The van der Waals surface area contributed by atoms with Gasteiger partial charge in [0.2, 0.25) is 0 Å². The van der Waals surface area contributed by atoms with E-state index in [2.05, 4.69) is 9.99 Å². The summed E-state index contributed by atoms with van der Waals surface area (Å²) < 4.78 is 13.2. The number of amides is 2. The Morgan fingerprint density at radius 3 is 2.50 bits per heavy atom. The summed E-state index contributed by atoms with van der Waals surface area (Å²) >= 11 is 0. The number of hydrazine groups is 1. The lowest BCUT2D eigenvalue weighted by atomic mass is 10.1. The molecule has 170 valence electrons. The average Bonchev–Trinajstić information content (AvgIpc) is 3.37. The molecule has 4 aromatic rings. The van der Waals surface area contributed by atoms with Gasteiger partial charge in [0, 0.05) is 28.7 Å². The number of methoxy groups -OCH3 is 1. The summed E-state index contributed by atoms with van der Waals surface area (Å²) in [6, 6.07) is 24.4. The van der Waals surface area contributed by atoms with Crippen LogP contribution < -0.4 is 19.9 Å². The van der Waals surface area contributed by atoms with Crippen LogP contribution in [0, 0.1) is 0 Å². The van der Waals surface area contributed by atoms with E-state index in [9.17, 15) is 9.59 Å². The van der Waals surface area contributed by atoms with Crippen molar-refractivity contribution in [1.29, 1.82) is 0 Å². The molecule has 2 amide bonds. The number of benzene rings is 3. The predicted octanol–water partition coefficient (Wildman–Crippen LogP) is 4.19. The van der Waals surface area contributed by atoms with E-state index in [1.165, 1.54) is 5.01 Å². The van der Waals surface area contributed by atoms with Crippen molar-refractivity contribution in [3.8, 4) is 11.5 Å². The number of hydrogen-bond donors (Lipinski definition) is 1. The van der Waals surface area contributed by atoms with E-state index in [4.69, 9.17) is 9.47 Å². The van der Waals surface area contributed by atoms with Crippen LogP contribution in [0.15, 0.2) is 90.6 Å². The van der Waals surface area contributed by atoms with E-state index in [0.717, 1.165) is 28.0 Å². The Labute approximate surface area is 196 Å². The summed E-state index contributed by atoms with van der Waals surface area (Å²) in [5, 5.41) is 2.23. The molecular formula is C27H23N3O4. The van der Waals surface area contributed by atoms with Gasteiger partial charge in [-0.3, -0.25) is 15.0 Å². The van der Waals surface area contributed by atoms with E-state index in [0.29, 0.717) is 18.8 Å². The Morgan fingerprint density at radius 1 is 0.912 bits per heavy atom. The van der Waals surface area contributed by atoms with Gasteiger partial charge in [0.15, 0.2) is 0 Å². The standard InChI is InChI=1S/C27H23N3O4/c1-33-21-10-7-11-22(17-21)34-15-14-29-18-19(23-12-5-6-13-25(23)29)16-24-26(31)28-30(27(24)32)20-8-3-2-4-9-20/h2-13,16-18H,14-15H2,1H3,(H,28,31). The van der Waals surface area contributed by atoms with Crippen molar-refractivity contribution in [3.63, 3.8) is 0 Å². The number of nitrogens with zero attached hydrogens (tertiary/aromatic N) is 2. The molecule has 7 heteroatoms. The minimum atomic E-state index is -0.424. The Morgan fingerprint density at radius 2 is 1.68 bits per heavy atom. The molecule has 1 aliphatic rings. The third-order valence-electron chi connectivity index (χ3n) is 5.67. The molecule has 2 heterocycles. The lowest BCUT2D eigenvalue weighted by molar-refractivity contribution is -0.117. The van der Waals surface area contributed by atoms with Gasteiger partial charge in [0.05, 0.1) is 19.3 Å². The third-order valence-corrected chi connectivity index (χ3v) is 5.67. The van der Waals surface area contributed by atoms with E-state index in [-0.39, 0.29) is 11.5 Å². The average molecular weight is 453 g/mol. The van der Waals surface area contributed by atoms with Gasteiger partial charge in [0.25, 0.3) is 11.8 Å². The number of para-hydroxylation sites is 2. The summed E-state index contributed by atoms with van der Waals surface area (Å²) in [5.74, 6) is 0.663. The van der Waals surface area contributed by atoms with E-state index in [1.54, 1.807) is 25.3 Å². The zero-order valence-corrected chi connectivity index (χ0v) is 18.6. The highest BCUT2D eigenvalue weighted by Gasteiger charge is 2.34. The number of aromatic nitrogens is 1. The summed E-state index contributed by atoms with van der Waals surface area (Å²) in [5.41, 5.74) is 5.15. The van der Waals surface area contributed by atoms with Gasteiger partial charge in [-0.25, -0.2) is 5.01 Å². The normalized spacial score (nSPS) is 14.6. The SMILES string of the molecule is COc1cccc(OCCn2cc(C=C3C(=O)NN(c4ccccc4)C3=O)c3ccccc32)c1.